The molecule has 0 atom stereocenters. The highest BCUT2D eigenvalue weighted by atomic mass is 19.2. The lowest BCUT2D eigenvalue weighted by atomic mass is 10.1. The van der Waals surface area contributed by atoms with Gasteiger partial charge in [0.1, 0.15) is 5.69 Å². The molecule has 0 aliphatic carbocycles. The highest BCUT2D eigenvalue weighted by Gasteiger charge is 2.17. The van der Waals surface area contributed by atoms with Crippen LogP contribution in [0.2, 0.25) is 0 Å². The third-order valence-electron chi connectivity index (χ3n) is 3.65. The molecule has 1 aliphatic rings. The van der Waals surface area contributed by atoms with Crippen molar-refractivity contribution in [2.45, 2.75) is 0 Å². The molecule has 0 radical (unpaired) electrons. The normalized spacial score (nSPS) is 14.3. The van der Waals surface area contributed by atoms with Crippen LogP contribution in [0.3, 0.4) is 0 Å². The van der Waals surface area contributed by atoms with Gasteiger partial charge in [-0.1, -0.05) is 18.2 Å². The number of nitrogens with zero attached hydrogens (tertiary/aromatic N) is 2. The molecule has 0 spiro atoms. The molecular formula is C18H10F2N2O2. The summed E-state index contributed by atoms with van der Waals surface area (Å²) >= 11 is 0. The number of benzene rings is 2. The van der Waals surface area contributed by atoms with Gasteiger partial charge in [-0.25, -0.2) is 13.8 Å². The molecular weight excluding hydrogens is 314 g/mol. The molecule has 1 aromatic heterocycles. The van der Waals surface area contributed by atoms with Crippen molar-refractivity contribution in [1.82, 2.24) is 4.98 Å². The number of aromatic hydroxyl groups is 1. The summed E-state index contributed by atoms with van der Waals surface area (Å²) in [5.74, 6) is -2.38. The van der Waals surface area contributed by atoms with Crippen molar-refractivity contribution in [3.63, 3.8) is 0 Å². The van der Waals surface area contributed by atoms with Gasteiger partial charge >= 0.3 is 5.95 Å². The van der Waals surface area contributed by atoms with Crippen LogP contribution in [0.15, 0.2) is 51.9 Å². The maximum Gasteiger partial charge on any atom is 0.310 e. The molecule has 0 fully saturated rings. The predicted octanol–water partition coefficient (Wildman–Crippen LogP) is 4.58. The van der Waals surface area contributed by atoms with Crippen LogP contribution in [0, 0.1) is 11.6 Å². The van der Waals surface area contributed by atoms with Crippen molar-refractivity contribution in [3.05, 3.63) is 65.4 Å². The van der Waals surface area contributed by atoms with E-state index in [9.17, 15) is 13.9 Å². The van der Waals surface area contributed by atoms with E-state index in [1.807, 2.05) is 24.3 Å². The van der Waals surface area contributed by atoms with Gasteiger partial charge in [0.2, 0.25) is 5.89 Å². The predicted molar refractivity (Wildman–Crippen MR) is 86.0 cm³/mol. The van der Waals surface area contributed by atoms with E-state index in [0.29, 0.717) is 0 Å². The van der Waals surface area contributed by atoms with Gasteiger partial charge in [0.05, 0.1) is 5.69 Å². The molecule has 1 aliphatic heterocycles. The minimum absolute atomic E-state index is 0.00136. The number of aliphatic imine (C=N–C) groups is 1. The number of halogens is 2. The molecule has 4 nitrogen and oxygen atoms in total. The fraction of sp³-hybridized carbons (Fsp3) is 0. The summed E-state index contributed by atoms with van der Waals surface area (Å²) in [4.78, 5) is 8.41. The average Bonchev–Trinajstić information content (AvgIpc) is 3.15. The van der Waals surface area contributed by atoms with E-state index < -0.39 is 17.6 Å². The van der Waals surface area contributed by atoms with Crippen molar-refractivity contribution >= 4 is 23.6 Å². The molecule has 2 heterocycles. The Morgan fingerprint density at radius 2 is 1.88 bits per heavy atom. The molecule has 118 valence electrons. The number of rotatable bonds is 2. The lowest BCUT2D eigenvalue weighted by Crippen LogP contribution is -1.86. The maximum absolute atomic E-state index is 13.3. The standard InChI is InChI=1S/C18H10F2N2O2/c19-13-6-5-10(7-14(13)20)17-22-16(18(23)24-17)8-11-9-21-15-4-2-1-3-12(11)15/h1-9,23H/b11-8+. The zero-order valence-electron chi connectivity index (χ0n) is 12.2. The molecule has 0 unspecified atom stereocenters. The van der Waals surface area contributed by atoms with Gasteiger partial charge in [0, 0.05) is 22.9 Å². The Morgan fingerprint density at radius 3 is 2.71 bits per heavy atom. The number of hydrogen-bond donors (Lipinski definition) is 1. The lowest BCUT2D eigenvalue weighted by molar-refractivity contribution is 0.336. The molecule has 4 rings (SSSR count). The van der Waals surface area contributed by atoms with Crippen molar-refractivity contribution in [2.24, 2.45) is 4.99 Å². The number of fused-ring (bicyclic) bond motifs is 1. The fourth-order valence-electron chi connectivity index (χ4n) is 2.47. The Morgan fingerprint density at radius 1 is 1.04 bits per heavy atom. The summed E-state index contributed by atoms with van der Waals surface area (Å²) in [6, 6.07) is 10.8. The SMILES string of the molecule is Oc1oc(-c2ccc(F)c(F)c2)nc1/C=C1\C=Nc2ccccc21. The number of allylic oxidation sites excluding steroid dienone is 1. The first-order valence-corrected chi connectivity index (χ1v) is 7.12. The van der Waals surface area contributed by atoms with Crippen LogP contribution in [0.5, 0.6) is 5.95 Å². The summed E-state index contributed by atoms with van der Waals surface area (Å²) < 4.78 is 31.5. The van der Waals surface area contributed by atoms with Gasteiger partial charge in [0.15, 0.2) is 11.6 Å². The third kappa shape index (κ3) is 2.38. The first-order valence-electron chi connectivity index (χ1n) is 7.12. The second kappa shape index (κ2) is 5.42. The largest absolute Gasteiger partial charge is 0.479 e. The van der Waals surface area contributed by atoms with Gasteiger partial charge in [0.25, 0.3) is 0 Å². The molecule has 1 N–H and O–H groups in total. The molecule has 6 heteroatoms. The van der Waals surface area contributed by atoms with Gasteiger partial charge in [-0.15, -0.1) is 0 Å². The number of para-hydroxylation sites is 1. The van der Waals surface area contributed by atoms with E-state index in [1.54, 1.807) is 12.3 Å². The topological polar surface area (TPSA) is 58.6 Å². The molecule has 0 amide bonds. The summed E-state index contributed by atoms with van der Waals surface area (Å²) in [6.07, 6.45) is 3.29. The molecule has 3 aromatic rings. The quantitative estimate of drug-likeness (QED) is 0.750. The molecule has 24 heavy (non-hydrogen) atoms. The zero-order chi connectivity index (χ0) is 16.7. The van der Waals surface area contributed by atoms with Gasteiger partial charge in [-0.05, 0) is 30.3 Å². The molecule has 2 aromatic carbocycles. The second-order valence-corrected chi connectivity index (χ2v) is 5.21. The Bertz CT molecular complexity index is 1010. The third-order valence-corrected chi connectivity index (χ3v) is 3.65. The van der Waals surface area contributed by atoms with Crippen LogP contribution in [0.1, 0.15) is 11.3 Å². The van der Waals surface area contributed by atoms with Crippen LogP contribution in [-0.4, -0.2) is 16.3 Å². The lowest BCUT2D eigenvalue weighted by Gasteiger charge is -1.97. The molecule has 0 saturated carbocycles. The van der Waals surface area contributed by atoms with E-state index in [4.69, 9.17) is 4.42 Å². The van der Waals surface area contributed by atoms with E-state index >= 15 is 0 Å². The highest BCUT2D eigenvalue weighted by Crippen LogP contribution is 2.34. The summed E-state index contributed by atoms with van der Waals surface area (Å²) in [5.41, 5.74) is 2.93. The van der Waals surface area contributed by atoms with Crippen LogP contribution >= 0.6 is 0 Å². The smallest absolute Gasteiger partial charge is 0.310 e. The molecule has 0 saturated heterocycles. The van der Waals surface area contributed by atoms with Crippen LogP contribution in [0.25, 0.3) is 23.1 Å². The number of hydrogen-bond acceptors (Lipinski definition) is 4. The van der Waals surface area contributed by atoms with Gasteiger partial charge < -0.3 is 9.52 Å². The fourth-order valence-corrected chi connectivity index (χ4v) is 2.47. The second-order valence-electron chi connectivity index (χ2n) is 5.21. The Labute approximate surface area is 135 Å². The van der Waals surface area contributed by atoms with E-state index in [1.165, 1.54) is 6.07 Å². The molecule has 0 bridgehead atoms. The van der Waals surface area contributed by atoms with Crippen molar-refractivity contribution in [1.29, 1.82) is 0 Å². The van der Waals surface area contributed by atoms with Crippen LogP contribution in [0.4, 0.5) is 14.5 Å². The number of oxazole rings is 1. The minimum Gasteiger partial charge on any atom is -0.479 e. The van der Waals surface area contributed by atoms with Gasteiger partial charge in [-0.2, -0.15) is 0 Å². The van der Waals surface area contributed by atoms with E-state index in [-0.39, 0.29) is 17.1 Å². The Kier molecular flexibility index (Phi) is 3.23. The summed E-state index contributed by atoms with van der Waals surface area (Å²) in [5, 5.41) is 9.94. The zero-order valence-corrected chi connectivity index (χ0v) is 12.2. The first kappa shape index (κ1) is 14.3. The number of aromatic nitrogens is 1. The van der Waals surface area contributed by atoms with Crippen molar-refractivity contribution < 1.29 is 18.3 Å². The maximum atomic E-state index is 13.3. The minimum atomic E-state index is -1.01. The summed E-state index contributed by atoms with van der Waals surface area (Å²) in [6.45, 7) is 0. The Hall–Kier alpha value is -3.28. The Balaban J connectivity index is 1.74. The first-order chi connectivity index (χ1) is 11.6. The van der Waals surface area contributed by atoms with Crippen molar-refractivity contribution in [3.8, 4) is 17.4 Å². The average molecular weight is 324 g/mol. The van der Waals surface area contributed by atoms with Gasteiger partial charge in [-0.3, -0.25) is 4.99 Å². The highest BCUT2D eigenvalue weighted by molar-refractivity contribution is 6.21. The van der Waals surface area contributed by atoms with Crippen LogP contribution in [-0.2, 0) is 0 Å². The monoisotopic (exact) mass is 324 g/mol. The van der Waals surface area contributed by atoms with E-state index in [2.05, 4.69) is 9.98 Å². The van der Waals surface area contributed by atoms with Crippen molar-refractivity contribution in [2.75, 3.05) is 0 Å². The van der Waals surface area contributed by atoms with Crippen LogP contribution < -0.4 is 0 Å². The van der Waals surface area contributed by atoms with E-state index in [0.717, 1.165) is 29.0 Å². The summed E-state index contributed by atoms with van der Waals surface area (Å²) in [7, 11) is 0.